The van der Waals surface area contributed by atoms with E-state index in [1.807, 2.05) is 38.2 Å². The first-order valence-electron chi connectivity index (χ1n) is 13.2. The summed E-state index contributed by atoms with van der Waals surface area (Å²) < 4.78 is 16.6. The lowest BCUT2D eigenvalue weighted by Gasteiger charge is -2.35. The monoisotopic (exact) mass is 531 g/mol. The zero-order chi connectivity index (χ0) is 27.4. The van der Waals surface area contributed by atoms with Crippen molar-refractivity contribution >= 4 is 22.6 Å². The minimum absolute atomic E-state index is 0.00351. The number of methoxy groups -OCH3 is 1. The van der Waals surface area contributed by atoms with Crippen LogP contribution in [0.4, 0.5) is 0 Å². The maximum Gasteiger partial charge on any atom is 0.226 e. The molecule has 0 bridgehead atoms. The zero-order valence-corrected chi connectivity index (χ0v) is 22.5. The zero-order valence-electron chi connectivity index (χ0n) is 22.5. The number of nitrogens with zero attached hydrogens (tertiary/aromatic N) is 4. The van der Waals surface area contributed by atoms with Crippen molar-refractivity contribution in [3.8, 4) is 17.1 Å². The highest BCUT2D eigenvalue weighted by atomic mass is 16.5. The normalized spacial score (nSPS) is 14.7. The van der Waals surface area contributed by atoms with Crippen molar-refractivity contribution < 1.29 is 23.3 Å². The van der Waals surface area contributed by atoms with Crippen molar-refractivity contribution in [3.05, 3.63) is 60.1 Å². The number of carbonyl (C=O) groups is 2. The maximum atomic E-state index is 12.9. The van der Waals surface area contributed by atoms with E-state index in [4.69, 9.17) is 13.7 Å². The first-order valence-corrected chi connectivity index (χ1v) is 13.2. The number of ether oxygens (including phenoxy) is 1. The van der Waals surface area contributed by atoms with Crippen molar-refractivity contribution in [1.82, 2.24) is 25.3 Å². The molecule has 1 unspecified atom stereocenters. The Morgan fingerprint density at radius 1 is 1.18 bits per heavy atom. The number of oxazole rings is 1. The molecule has 10 nitrogen and oxygen atoms in total. The smallest absolute Gasteiger partial charge is 0.226 e. The molecular weight excluding hydrogens is 498 g/mol. The van der Waals surface area contributed by atoms with Gasteiger partial charge in [0.1, 0.15) is 23.7 Å². The molecule has 1 aromatic carbocycles. The molecule has 39 heavy (non-hydrogen) atoms. The summed E-state index contributed by atoms with van der Waals surface area (Å²) in [5.41, 5.74) is 2.89. The highest BCUT2D eigenvalue weighted by Gasteiger charge is 2.32. The van der Waals surface area contributed by atoms with Crippen LogP contribution in [0.5, 0.6) is 5.75 Å². The van der Waals surface area contributed by atoms with Gasteiger partial charge >= 0.3 is 0 Å². The van der Waals surface area contributed by atoms with E-state index in [1.165, 1.54) is 6.26 Å². The highest BCUT2D eigenvalue weighted by Crippen LogP contribution is 2.35. The topological polar surface area (TPSA) is 124 Å². The molecule has 3 aromatic heterocycles. The number of aromatic nitrogens is 3. The van der Waals surface area contributed by atoms with Crippen LogP contribution in [0.2, 0.25) is 0 Å². The molecule has 1 N–H and O–H groups in total. The minimum Gasteiger partial charge on any atom is -0.496 e. The molecule has 4 heterocycles. The van der Waals surface area contributed by atoms with Crippen LogP contribution in [0.1, 0.15) is 60.2 Å². The fourth-order valence-electron chi connectivity index (χ4n) is 4.90. The summed E-state index contributed by atoms with van der Waals surface area (Å²) in [4.78, 5) is 36.4. The first-order chi connectivity index (χ1) is 18.9. The van der Waals surface area contributed by atoms with Gasteiger partial charge in [-0.25, -0.2) is 4.98 Å². The second-order valence-corrected chi connectivity index (χ2v) is 10.1. The lowest BCUT2D eigenvalue weighted by Crippen LogP contribution is -2.52. The molecule has 0 aliphatic carbocycles. The molecule has 1 aliphatic rings. The summed E-state index contributed by atoms with van der Waals surface area (Å²) in [5.74, 6) is 1.58. The molecule has 0 saturated carbocycles. The number of rotatable bonds is 12. The number of ketones is 1. The number of unbranched alkanes of at least 4 members (excludes halogenated alkanes) is 2. The van der Waals surface area contributed by atoms with E-state index in [-0.39, 0.29) is 23.7 Å². The van der Waals surface area contributed by atoms with Gasteiger partial charge in [0.05, 0.1) is 30.3 Å². The number of hydrogen-bond acceptors (Lipinski definition) is 9. The number of amides is 1. The SMILES string of the molecule is COc1cc2nc(C)ccc2cc1-c1cnc(C(CCCCCC(=O)c2ccon2)NC(=O)C2CN(C)C2)o1. The Hall–Kier alpha value is -4.05. The number of aryl methyl sites for hydroxylation is 1. The molecule has 5 rings (SSSR count). The molecule has 1 amide bonds. The molecule has 1 saturated heterocycles. The quantitative estimate of drug-likeness (QED) is 0.204. The van der Waals surface area contributed by atoms with Gasteiger partial charge < -0.3 is 23.9 Å². The van der Waals surface area contributed by atoms with Gasteiger partial charge in [0.25, 0.3) is 0 Å². The van der Waals surface area contributed by atoms with Gasteiger partial charge in [0, 0.05) is 42.7 Å². The van der Waals surface area contributed by atoms with Gasteiger partial charge in [-0.05, 0) is 38.9 Å². The standard InChI is InChI=1S/C29H33N5O5/c1-18-9-10-19-13-21(26(37-3)14-24(19)31-18)27-15-30-29(39-27)23(32-28(36)20-16-34(2)17-20)7-5-4-6-8-25(35)22-11-12-38-33-22/h9-15,20,23H,4-8,16-17H2,1-3H3,(H,32,36). The van der Waals surface area contributed by atoms with Crippen LogP contribution in [0, 0.1) is 12.8 Å². The largest absolute Gasteiger partial charge is 0.496 e. The van der Waals surface area contributed by atoms with Gasteiger partial charge in [-0.2, -0.15) is 0 Å². The number of fused-ring (bicyclic) bond motifs is 1. The third-order valence-corrected chi connectivity index (χ3v) is 7.11. The van der Waals surface area contributed by atoms with Crippen molar-refractivity contribution in [2.24, 2.45) is 5.92 Å². The highest BCUT2D eigenvalue weighted by molar-refractivity contribution is 5.93. The van der Waals surface area contributed by atoms with E-state index < -0.39 is 0 Å². The Morgan fingerprint density at radius 2 is 2.03 bits per heavy atom. The van der Waals surface area contributed by atoms with E-state index in [1.54, 1.807) is 19.4 Å². The molecule has 1 atom stereocenters. The number of Topliss-reactive ketones (excluding diaryl/α,β-unsaturated/α-hetero) is 1. The second-order valence-electron chi connectivity index (χ2n) is 10.1. The molecule has 204 valence electrons. The predicted octanol–water partition coefficient (Wildman–Crippen LogP) is 4.75. The fourth-order valence-corrected chi connectivity index (χ4v) is 4.90. The summed E-state index contributed by atoms with van der Waals surface area (Å²) in [7, 11) is 3.61. The molecule has 1 aliphatic heterocycles. The summed E-state index contributed by atoms with van der Waals surface area (Å²) >= 11 is 0. The summed E-state index contributed by atoms with van der Waals surface area (Å²) in [6.07, 6.45) is 6.45. The van der Waals surface area contributed by atoms with Crippen molar-refractivity contribution in [2.45, 2.75) is 45.1 Å². The fraction of sp³-hybridized carbons (Fsp3) is 0.414. The van der Waals surface area contributed by atoms with Crippen LogP contribution in [-0.4, -0.2) is 59.0 Å². The number of likely N-dealkylation sites (tertiary alicyclic amines) is 1. The number of carbonyl (C=O) groups excluding carboxylic acids is 2. The van der Waals surface area contributed by atoms with Gasteiger partial charge in [0.15, 0.2) is 11.5 Å². The number of benzene rings is 1. The molecule has 10 heteroatoms. The lowest BCUT2D eigenvalue weighted by atomic mass is 9.99. The van der Waals surface area contributed by atoms with Crippen LogP contribution < -0.4 is 10.1 Å². The van der Waals surface area contributed by atoms with E-state index in [2.05, 4.69) is 25.3 Å². The average molecular weight is 532 g/mol. The second kappa shape index (κ2) is 11.8. The molecule has 1 fully saturated rings. The maximum absolute atomic E-state index is 12.9. The van der Waals surface area contributed by atoms with E-state index in [0.717, 1.165) is 54.5 Å². The van der Waals surface area contributed by atoms with Gasteiger partial charge in [-0.15, -0.1) is 0 Å². The van der Waals surface area contributed by atoms with Gasteiger partial charge in [0.2, 0.25) is 11.8 Å². The minimum atomic E-state index is -0.376. The molecular formula is C29H33N5O5. The Bertz CT molecular complexity index is 1440. The lowest BCUT2D eigenvalue weighted by molar-refractivity contribution is -0.130. The van der Waals surface area contributed by atoms with Crippen molar-refractivity contribution in [1.29, 1.82) is 0 Å². The first kappa shape index (κ1) is 26.6. The predicted molar refractivity (Wildman–Crippen MR) is 144 cm³/mol. The van der Waals surface area contributed by atoms with E-state index in [0.29, 0.717) is 35.9 Å². The van der Waals surface area contributed by atoms with Gasteiger partial charge in [-0.3, -0.25) is 14.6 Å². The van der Waals surface area contributed by atoms with Crippen LogP contribution in [-0.2, 0) is 4.79 Å². The Morgan fingerprint density at radius 3 is 2.77 bits per heavy atom. The Balaban J connectivity index is 1.29. The number of pyridine rings is 1. The number of nitrogens with one attached hydrogen (secondary N) is 1. The van der Waals surface area contributed by atoms with Crippen molar-refractivity contribution in [2.75, 3.05) is 27.2 Å². The Kier molecular flexibility index (Phi) is 8.02. The third kappa shape index (κ3) is 6.17. The number of hydrogen-bond donors (Lipinski definition) is 1. The van der Waals surface area contributed by atoms with E-state index in [9.17, 15) is 9.59 Å². The van der Waals surface area contributed by atoms with Crippen LogP contribution in [0.3, 0.4) is 0 Å². The molecule has 0 radical (unpaired) electrons. The summed E-state index contributed by atoms with van der Waals surface area (Å²) in [6.45, 7) is 3.43. The molecule has 4 aromatic rings. The average Bonchev–Trinajstić information content (AvgIpc) is 3.62. The molecule has 0 spiro atoms. The third-order valence-electron chi connectivity index (χ3n) is 7.11. The Labute approximate surface area is 226 Å². The van der Waals surface area contributed by atoms with Crippen LogP contribution in [0.25, 0.3) is 22.2 Å². The van der Waals surface area contributed by atoms with Gasteiger partial charge in [-0.1, -0.05) is 24.1 Å². The van der Waals surface area contributed by atoms with E-state index >= 15 is 0 Å². The van der Waals surface area contributed by atoms with Crippen LogP contribution >= 0.6 is 0 Å². The van der Waals surface area contributed by atoms with Crippen molar-refractivity contribution in [3.63, 3.8) is 0 Å². The van der Waals surface area contributed by atoms with Crippen LogP contribution in [0.15, 0.2) is 51.7 Å². The summed E-state index contributed by atoms with van der Waals surface area (Å²) in [5, 5.41) is 7.82. The summed E-state index contributed by atoms with van der Waals surface area (Å²) in [6, 6.07) is 9.06.